The number of rotatable bonds is 13. The molecule has 156 valence electrons. The highest BCUT2D eigenvalue weighted by molar-refractivity contribution is 14.0. The van der Waals surface area contributed by atoms with Gasteiger partial charge in [-0.3, -0.25) is 4.99 Å². The smallest absolute Gasteiger partial charge is 0.191 e. The molecule has 0 atom stereocenters. The molecule has 0 radical (unpaired) electrons. The van der Waals surface area contributed by atoms with Gasteiger partial charge in [-0.15, -0.1) is 24.0 Å². The third-order valence-electron chi connectivity index (χ3n) is 3.87. The highest BCUT2D eigenvalue weighted by Gasteiger charge is 2.04. The molecule has 0 spiro atoms. The third-order valence-corrected chi connectivity index (χ3v) is 3.87. The third kappa shape index (κ3) is 12.1. The summed E-state index contributed by atoms with van der Waals surface area (Å²) in [5.74, 6) is 1.80. The van der Waals surface area contributed by atoms with Crippen LogP contribution in [-0.4, -0.2) is 59.6 Å². The lowest BCUT2D eigenvalue weighted by atomic mass is 10.1. The second-order valence-corrected chi connectivity index (χ2v) is 6.07. The van der Waals surface area contributed by atoms with E-state index in [1.165, 1.54) is 11.1 Å². The number of hydrogen-bond acceptors (Lipinski definition) is 4. The molecule has 0 saturated heterocycles. The van der Waals surface area contributed by atoms with Crippen molar-refractivity contribution in [3.63, 3.8) is 0 Å². The van der Waals surface area contributed by atoms with E-state index in [0.29, 0.717) is 13.2 Å². The molecule has 7 heteroatoms. The maximum atomic E-state index is 5.46. The second kappa shape index (κ2) is 17.1. The van der Waals surface area contributed by atoms with E-state index in [2.05, 4.69) is 41.6 Å². The first-order valence-electron chi connectivity index (χ1n) is 9.43. The Morgan fingerprint density at radius 3 is 2.59 bits per heavy atom. The number of hydrogen-bond donors (Lipinski definition) is 2. The summed E-state index contributed by atoms with van der Waals surface area (Å²) in [7, 11) is 3.40. The van der Waals surface area contributed by atoms with Gasteiger partial charge < -0.3 is 24.8 Å². The average Bonchev–Trinajstić information content (AvgIpc) is 2.64. The quantitative estimate of drug-likeness (QED) is 0.191. The van der Waals surface area contributed by atoms with Crippen molar-refractivity contribution in [1.82, 2.24) is 10.6 Å². The fraction of sp³-hybridized carbons (Fsp3) is 0.650. The molecule has 0 saturated carbocycles. The lowest BCUT2D eigenvalue weighted by Gasteiger charge is -2.13. The van der Waals surface area contributed by atoms with E-state index in [1.54, 1.807) is 14.2 Å². The monoisotopic (exact) mass is 493 g/mol. The van der Waals surface area contributed by atoms with E-state index < -0.39 is 0 Å². The van der Waals surface area contributed by atoms with Gasteiger partial charge in [0.15, 0.2) is 5.96 Å². The maximum Gasteiger partial charge on any atom is 0.191 e. The number of aliphatic imine (C=N–C) groups is 1. The summed E-state index contributed by atoms with van der Waals surface area (Å²) >= 11 is 0. The normalized spacial score (nSPS) is 11.0. The number of methoxy groups -OCH3 is 2. The molecule has 0 aliphatic heterocycles. The van der Waals surface area contributed by atoms with E-state index in [9.17, 15) is 0 Å². The van der Waals surface area contributed by atoms with E-state index in [-0.39, 0.29) is 24.0 Å². The van der Waals surface area contributed by atoms with Crippen LogP contribution in [0.1, 0.15) is 30.9 Å². The number of aryl methyl sites for hydroxylation is 1. The number of unbranched alkanes of at least 4 members (excludes halogenated alkanes) is 1. The SMILES string of the molecule is CCNC(=NCCCCOCCOC)NCCc1cc(C)ccc1OC.I. The molecule has 0 aliphatic carbocycles. The van der Waals surface area contributed by atoms with E-state index in [0.717, 1.165) is 57.2 Å². The second-order valence-electron chi connectivity index (χ2n) is 6.07. The van der Waals surface area contributed by atoms with Crippen molar-refractivity contribution in [2.24, 2.45) is 4.99 Å². The molecule has 0 fully saturated rings. The zero-order valence-corrected chi connectivity index (χ0v) is 19.5. The van der Waals surface area contributed by atoms with E-state index >= 15 is 0 Å². The molecular weight excluding hydrogens is 457 g/mol. The molecule has 0 aliphatic rings. The Morgan fingerprint density at radius 1 is 1.07 bits per heavy atom. The number of nitrogens with zero attached hydrogens (tertiary/aromatic N) is 1. The predicted molar refractivity (Wildman–Crippen MR) is 123 cm³/mol. The number of guanidine groups is 1. The minimum absolute atomic E-state index is 0. The van der Waals surface area contributed by atoms with Crippen LogP contribution in [0.2, 0.25) is 0 Å². The topological polar surface area (TPSA) is 64.1 Å². The van der Waals surface area contributed by atoms with Gasteiger partial charge in [0.25, 0.3) is 0 Å². The first kappa shape index (κ1) is 25.9. The van der Waals surface area contributed by atoms with Gasteiger partial charge in [-0.05, 0) is 44.7 Å². The Hall–Kier alpha value is -1.06. The molecule has 27 heavy (non-hydrogen) atoms. The van der Waals surface area contributed by atoms with Gasteiger partial charge in [0.1, 0.15) is 5.75 Å². The summed E-state index contributed by atoms with van der Waals surface area (Å²) in [6.07, 6.45) is 2.91. The van der Waals surface area contributed by atoms with Crippen molar-refractivity contribution < 1.29 is 14.2 Å². The van der Waals surface area contributed by atoms with Gasteiger partial charge in [-0.1, -0.05) is 17.7 Å². The van der Waals surface area contributed by atoms with Gasteiger partial charge in [-0.2, -0.15) is 0 Å². The van der Waals surface area contributed by atoms with Crippen molar-refractivity contribution in [3.05, 3.63) is 29.3 Å². The van der Waals surface area contributed by atoms with Crippen LogP contribution < -0.4 is 15.4 Å². The van der Waals surface area contributed by atoms with E-state index in [1.807, 2.05) is 6.07 Å². The van der Waals surface area contributed by atoms with Gasteiger partial charge in [0.05, 0.1) is 20.3 Å². The molecule has 0 unspecified atom stereocenters. The van der Waals surface area contributed by atoms with Crippen molar-refractivity contribution >= 4 is 29.9 Å². The fourth-order valence-electron chi connectivity index (χ4n) is 2.51. The van der Waals surface area contributed by atoms with Crippen LogP contribution >= 0.6 is 24.0 Å². The van der Waals surface area contributed by atoms with E-state index in [4.69, 9.17) is 14.2 Å². The zero-order chi connectivity index (χ0) is 19.0. The Labute approximate surface area is 181 Å². The summed E-state index contributed by atoms with van der Waals surface area (Å²) < 4.78 is 15.8. The molecule has 1 aromatic rings. The molecule has 6 nitrogen and oxygen atoms in total. The molecule has 2 N–H and O–H groups in total. The number of halogens is 1. The molecule has 0 amide bonds. The average molecular weight is 493 g/mol. The summed E-state index contributed by atoms with van der Waals surface area (Å²) in [5, 5.41) is 6.68. The summed E-state index contributed by atoms with van der Waals surface area (Å²) in [6.45, 7) is 8.69. The lowest BCUT2D eigenvalue weighted by Crippen LogP contribution is -2.38. The summed E-state index contributed by atoms with van der Waals surface area (Å²) in [4.78, 5) is 4.62. The Morgan fingerprint density at radius 2 is 1.89 bits per heavy atom. The molecule has 0 heterocycles. The van der Waals surface area contributed by atoms with Gasteiger partial charge in [0, 0.05) is 33.4 Å². The molecule has 1 rings (SSSR count). The van der Waals surface area contributed by atoms with Crippen LogP contribution in [0.25, 0.3) is 0 Å². The van der Waals surface area contributed by atoms with Gasteiger partial charge in [0.2, 0.25) is 0 Å². The highest BCUT2D eigenvalue weighted by atomic mass is 127. The molecule has 1 aromatic carbocycles. The first-order valence-corrected chi connectivity index (χ1v) is 9.43. The van der Waals surface area contributed by atoms with Crippen molar-refractivity contribution in [1.29, 1.82) is 0 Å². The predicted octanol–water partition coefficient (Wildman–Crippen LogP) is 3.16. The zero-order valence-electron chi connectivity index (χ0n) is 17.2. The van der Waals surface area contributed by atoms with Gasteiger partial charge in [-0.25, -0.2) is 0 Å². The fourth-order valence-corrected chi connectivity index (χ4v) is 2.51. The number of benzene rings is 1. The molecular formula is C20H36IN3O3. The lowest BCUT2D eigenvalue weighted by molar-refractivity contribution is 0.0690. The summed E-state index contributed by atoms with van der Waals surface area (Å²) in [6, 6.07) is 6.27. The van der Waals surface area contributed by atoms with Crippen LogP contribution in [-0.2, 0) is 15.9 Å². The van der Waals surface area contributed by atoms with Crippen LogP contribution in [0.3, 0.4) is 0 Å². The van der Waals surface area contributed by atoms with Crippen LogP contribution in [0.4, 0.5) is 0 Å². The minimum Gasteiger partial charge on any atom is -0.496 e. The maximum absolute atomic E-state index is 5.46. The van der Waals surface area contributed by atoms with Gasteiger partial charge >= 0.3 is 0 Å². The van der Waals surface area contributed by atoms with Crippen molar-refractivity contribution in [3.8, 4) is 5.75 Å². The Kier molecular flexibility index (Phi) is 16.4. The number of ether oxygens (including phenoxy) is 3. The van der Waals surface area contributed by atoms with Crippen molar-refractivity contribution in [2.45, 2.75) is 33.1 Å². The van der Waals surface area contributed by atoms with Crippen LogP contribution in [0, 0.1) is 6.92 Å². The molecule has 0 bridgehead atoms. The standard InChI is InChI=1S/C20H35N3O3.HI/c1-5-21-20(22-11-6-7-13-26-15-14-24-3)23-12-10-18-16-17(2)8-9-19(18)25-4;/h8-9,16H,5-7,10-15H2,1-4H3,(H2,21,22,23);1H. The first-order chi connectivity index (χ1) is 12.7. The highest BCUT2D eigenvalue weighted by Crippen LogP contribution is 2.19. The van der Waals surface area contributed by atoms with Crippen molar-refractivity contribution in [2.75, 3.05) is 53.7 Å². The largest absolute Gasteiger partial charge is 0.496 e. The minimum atomic E-state index is 0. The Balaban J connectivity index is 0.00000676. The van der Waals surface area contributed by atoms with Crippen LogP contribution in [0.15, 0.2) is 23.2 Å². The molecule has 0 aromatic heterocycles. The summed E-state index contributed by atoms with van der Waals surface area (Å²) in [5.41, 5.74) is 2.46. The van der Waals surface area contributed by atoms with Crippen LogP contribution in [0.5, 0.6) is 5.75 Å². The number of nitrogens with one attached hydrogen (secondary N) is 2. The Bertz CT molecular complexity index is 527.